The maximum atomic E-state index is 11.7. The summed E-state index contributed by atoms with van der Waals surface area (Å²) < 4.78 is 6.45. The van der Waals surface area contributed by atoms with E-state index in [2.05, 4.69) is 16.9 Å². The fourth-order valence-electron chi connectivity index (χ4n) is 1.61. The van der Waals surface area contributed by atoms with E-state index in [4.69, 9.17) is 9.84 Å². The van der Waals surface area contributed by atoms with Crippen molar-refractivity contribution in [3.05, 3.63) is 48.1 Å². The minimum Gasteiger partial charge on any atom is -0.478 e. The van der Waals surface area contributed by atoms with Gasteiger partial charge in [-0.1, -0.05) is 23.9 Å². The van der Waals surface area contributed by atoms with Gasteiger partial charge in [0.2, 0.25) is 0 Å². The first kappa shape index (κ1) is 14.4. The number of benzene rings is 1. The molecule has 7 heteroatoms. The normalized spacial score (nSPS) is 11.4. The number of aliphatic carboxylic acids is 1. The van der Waals surface area contributed by atoms with E-state index in [9.17, 15) is 9.59 Å². The van der Waals surface area contributed by atoms with E-state index < -0.39 is 11.9 Å². The lowest BCUT2D eigenvalue weighted by Crippen LogP contribution is -2.12. The van der Waals surface area contributed by atoms with Crippen LogP contribution in [0.4, 0.5) is 0 Å². The minimum atomic E-state index is -1.12. The molecule has 2 rings (SSSR count). The molecule has 0 aliphatic heterocycles. The van der Waals surface area contributed by atoms with Crippen LogP contribution in [0.15, 0.2) is 48.1 Å². The summed E-state index contributed by atoms with van der Waals surface area (Å²) in [5.41, 5.74) is 1.38. The molecule has 0 saturated heterocycles. The second-order valence-corrected chi connectivity index (χ2v) is 4.30. The van der Waals surface area contributed by atoms with Crippen LogP contribution in [0, 0.1) is 0 Å². The van der Waals surface area contributed by atoms with E-state index in [1.54, 1.807) is 12.1 Å². The molecule has 0 unspecified atom stereocenters. The van der Waals surface area contributed by atoms with Gasteiger partial charge in [-0.2, -0.15) is 0 Å². The van der Waals surface area contributed by atoms with Crippen molar-refractivity contribution in [2.24, 2.45) is 0 Å². The molecule has 0 saturated carbocycles. The highest BCUT2D eigenvalue weighted by molar-refractivity contribution is 5.94. The van der Waals surface area contributed by atoms with E-state index in [1.807, 2.05) is 12.1 Å². The topological polar surface area (TPSA) is 94.3 Å². The highest BCUT2D eigenvalue weighted by atomic mass is 16.5. The van der Waals surface area contributed by atoms with Crippen LogP contribution in [0.3, 0.4) is 0 Å². The van der Waals surface area contributed by atoms with Crippen molar-refractivity contribution in [3.63, 3.8) is 0 Å². The van der Waals surface area contributed by atoms with Crippen molar-refractivity contribution in [1.82, 2.24) is 15.0 Å². The van der Waals surface area contributed by atoms with Crippen molar-refractivity contribution in [2.75, 3.05) is 0 Å². The number of ether oxygens (including phenoxy) is 1. The lowest BCUT2D eigenvalue weighted by molar-refractivity contribution is -0.142. The maximum Gasteiger partial charge on any atom is 0.339 e. The molecule has 0 spiro atoms. The fourth-order valence-corrected chi connectivity index (χ4v) is 1.61. The molecule has 0 aliphatic rings. The van der Waals surface area contributed by atoms with Gasteiger partial charge >= 0.3 is 11.9 Å². The molecule has 1 aromatic heterocycles. The SMILES string of the molecule is C=C(C=C(C)C(=O)O)C(=O)OCn1nnc2ccccc21. The average Bonchev–Trinajstić information content (AvgIpc) is 2.87. The third-order valence-corrected chi connectivity index (χ3v) is 2.73. The third-order valence-electron chi connectivity index (χ3n) is 2.73. The summed E-state index contributed by atoms with van der Waals surface area (Å²) in [6.07, 6.45) is 1.16. The van der Waals surface area contributed by atoms with Gasteiger partial charge in [0.1, 0.15) is 5.52 Å². The molecular weight excluding hydrogens is 274 g/mol. The molecule has 108 valence electrons. The average molecular weight is 287 g/mol. The lowest BCUT2D eigenvalue weighted by Gasteiger charge is -2.05. The van der Waals surface area contributed by atoms with Gasteiger partial charge in [-0.05, 0) is 25.1 Å². The number of esters is 1. The van der Waals surface area contributed by atoms with Crippen LogP contribution in [0.25, 0.3) is 11.0 Å². The van der Waals surface area contributed by atoms with Crippen molar-refractivity contribution in [2.45, 2.75) is 13.7 Å². The molecule has 0 bridgehead atoms. The third kappa shape index (κ3) is 3.33. The van der Waals surface area contributed by atoms with E-state index in [-0.39, 0.29) is 17.9 Å². The number of carbonyl (C=O) groups is 2. The highest BCUT2D eigenvalue weighted by Crippen LogP contribution is 2.10. The quantitative estimate of drug-likeness (QED) is 0.509. The van der Waals surface area contributed by atoms with Crippen LogP contribution in [0.2, 0.25) is 0 Å². The van der Waals surface area contributed by atoms with E-state index >= 15 is 0 Å². The summed E-state index contributed by atoms with van der Waals surface area (Å²) in [7, 11) is 0. The van der Waals surface area contributed by atoms with Crippen LogP contribution in [0.1, 0.15) is 6.92 Å². The van der Waals surface area contributed by atoms with Gasteiger partial charge in [0.25, 0.3) is 0 Å². The standard InChI is InChI=1S/C14H13N3O4/c1-9(13(18)19)7-10(2)14(20)21-8-17-12-6-4-3-5-11(12)15-16-17/h3-7H,2,8H2,1H3,(H,18,19). The van der Waals surface area contributed by atoms with Gasteiger partial charge in [-0.25, -0.2) is 14.3 Å². The van der Waals surface area contributed by atoms with Crippen molar-refractivity contribution in [1.29, 1.82) is 0 Å². The summed E-state index contributed by atoms with van der Waals surface area (Å²) in [6, 6.07) is 7.24. The Morgan fingerprint density at radius 1 is 1.43 bits per heavy atom. The smallest absolute Gasteiger partial charge is 0.339 e. The zero-order valence-corrected chi connectivity index (χ0v) is 11.3. The van der Waals surface area contributed by atoms with Gasteiger partial charge in [0, 0.05) is 5.57 Å². The Balaban J connectivity index is 2.03. The number of hydrogen-bond donors (Lipinski definition) is 1. The molecule has 0 radical (unpaired) electrons. The molecule has 2 aromatic rings. The van der Waals surface area contributed by atoms with Crippen LogP contribution in [0.5, 0.6) is 0 Å². The van der Waals surface area contributed by atoms with E-state index in [0.29, 0.717) is 5.52 Å². The monoisotopic (exact) mass is 287 g/mol. The second-order valence-electron chi connectivity index (χ2n) is 4.30. The molecule has 1 heterocycles. The van der Waals surface area contributed by atoms with Gasteiger partial charge < -0.3 is 9.84 Å². The maximum absolute atomic E-state index is 11.7. The predicted octanol–water partition coefficient (Wildman–Crippen LogP) is 1.52. The summed E-state index contributed by atoms with van der Waals surface area (Å²) in [4.78, 5) is 22.4. The summed E-state index contributed by atoms with van der Waals surface area (Å²) in [5.74, 6) is -1.83. The molecule has 1 N–H and O–H groups in total. The largest absolute Gasteiger partial charge is 0.478 e. The number of aromatic nitrogens is 3. The molecule has 21 heavy (non-hydrogen) atoms. The number of carbonyl (C=O) groups excluding carboxylic acids is 1. The van der Waals surface area contributed by atoms with Crippen molar-refractivity contribution in [3.8, 4) is 0 Å². The Morgan fingerprint density at radius 3 is 2.86 bits per heavy atom. The van der Waals surface area contributed by atoms with Gasteiger partial charge in [-0.3, -0.25) is 0 Å². The summed E-state index contributed by atoms with van der Waals surface area (Å²) in [6.45, 7) is 4.72. The van der Waals surface area contributed by atoms with E-state index in [0.717, 1.165) is 11.6 Å². The van der Waals surface area contributed by atoms with Crippen LogP contribution >= 0.6 is 0 Å². The van der Waals surface area contributed by atoms with Gasteiger partial charge in [0.15, 0.2) is 6.73 Å². The Hall–Kier alpha value is -2.96. The number of fused-ring (bicyclic) bond motifs is 1. The lowest BCUT2D eigenvalue weighted by atomic mass is 10.2. The number of nitrogens with zero attached hydrogens (tertiary/aromatic N) is 3. The molecule has 0 aliphatic carbocycles. The van der Waals surface area contributed by atoms with Crippen LogP contribution in [-0.2, 0) is 21.1 Å². The Kier molecular flexibility index (Phi) is 4.13. The number of carboxylic acid groups (broad SMARTS) is 1. The first-order chi connectivity index (χ1) is 9.99. The fraction of sp³-hybridized carbons (Fsp3) is 0.143. The number of rotatable bonds is 5. The predicted molar refractivity (Wildman–Crippen MR) is 74.2 cm³/mol. The number of para-hydroxylation sites is 1. The first-order valence-electron chi connectivity index (χ1n) is 6.05. The highest BCUT2D eigenvalue weighted by Gasteiger charge is 2.10. The Morgan fingerprint density at radius 2 is 2.14 bits per heavy atom. The van der Waals surface area contributed by atoms with Gasteiger partial charge in [-0.15, -0.1) is 5.10 Å². The number of hydrogen-bond acceptors (Lipinski definition) is 5. The van der Waals surface area contributed by atoms with Crippen LogP contribution in [-0.4, -0.2) is 32.0 Å². The van der Waals surface area contributed by atoms with Crippen molar-refractivity contribution >= 4 is 23.0 Å². The minimum absolute atomic E-state index is 0.00292. The van der Waals surface area contributed by atoms with Crippen molar-refractivity contribution < 1.29 is 19.4 Å². The number of carboxylic acids is 1. The molecule has 0 fully saturated rings. The summed E-state index contributed by atoms with van der Waals surface area (Å²) >= 11 is 0. The Bertz CT molecular complexity index is 746. The van der Waals surface area contributed by atoms with Gasteiger partial charge in [0.05, 0.1) is 11.1 Å². The zero-order valence-electron chi connectivity index (χ0n) is 11.3. The zero-order chi connectivity index (χ0) is 15.4. The molecule has 7 nitrogen and oxygen atoms in total. The molecular formula is C14H13N3O4. The molecule has 0 amide bonds. The summed E-state index contributed by atoms with van der Waals surface area (Å²) in [5, 5.41) is 16.5. The molecule has 1 aromatic carbocycles. The van der Waals surface area contributed by atoms with Crippen LogP contribution < -0.4 is 0 Å². The second kappa shape index (κ2) is 6.00. The van der Waals surface area contributed by atoms with E-state index in [1.165, 1.54) is 11.6 Å². The first-order valence-corrected chi connectivity index (χ1v) is 6.05. The Labute approximate surface area is 120 Å². The molecule has 0 atom stereocenters.